The first kappa shape index (κ1) is 33.0. The summed E-state index contributed by atoms with van der Waals surface area (Å²) in [5, 5.41) is 33.3. The smallest absolute Gasteiger partial charge is 0.485 e. The van der Waals surface area contributed by atoms with Crippen LogP contribution in [0.25, 0.3) is 0 Å². The third-order valence-electron chi connectivity index (χ3n) is 7.68. The van der Waals surface area contributed by atoms with Crippen molar-refractivity contribution in [2.45, 2.75) is 76.0 Å². The molecule has 1 aliphatic carbocycles. The molecule has 2 aromatic rings. The molecule has 238 valence electrons. The number of benzene rings is 1. The van der Waals surface area contributed by atoms with Crippen LogP contribution in [0.2, 0.25) is 5.02 Å². The van der Waals surface area contributed by atoms with Crippen molar-refractivity contribution in [1.29, 1.82) is 5.41 Å². The van der Waals surface area contributed by atoms with Gasteiger partial charge in [-0.05, 0) is 57.7 Å². The lowest BCUT2D eigenvalue weighted by Gasteiger charge is -2.43. The zero-order chi connectivity index (χ0) is 32.8. The van der Waals surface area contributed by atoms with E-state index in [2.05, 4.69) is 15.6 Å². The van der Waals surface area contributed by atoms with Gasteiger partial charge in [0.15, 0.2) is 5.96 Å². The number of aliphatic hydroxyl groups excluding tert-OH is 1. The number of carboxylic acid groups (broad SMARTS) is 1. The third-order valence-corrected chi connectivity index (χ3v) is 7.89. The van der Waals surface area contributed by atoms with Crippen molar-refractivity contribution in [2.75, 3.05) is 0 Å². The van der Waals surface area contributed by atoms with E-state index in [0.717, 1.165) is 5.56 Å². The number of pyridine rings is 1. The number of aliphatic carboxylic acids is 1. The molecule has 2 fully saturated rings. The number of rotatable bonds is 5. The van der Waals surface area contributed by atoms with Crippen molar-refractivity contribution < 1.29 is 42.5 Å². The minimum Gasteiger partial charge on any atom is -0.485 e. The van der Waals surface area contributed by atoms with E-state index in [9.17, 15) is 27.9 Å². The van der Waals surface area contributed by atoms with Crippen LogP contribution in [0.3, 0.4) is 0 Å². The number of guanidine groups is 1. The normalized spacial score (nSPS) is 25.7. The molecule has 11 nitrogen and oxygen atoms in total. The molecule has 0 radical (unpaired) electrons. The maximum Gasteiger partial charge on any atom is 0.490 e. The molecule has 1 saturated heterocycles. The van der Waals surface area contributed by atoms with Gasteiger partial charge in [-0.15, -0.1) is 0 Å². The molecule has 5 N–H and O–H groups in total. The van der Waals surface area contributed by atoms with Crippen LogP contribution in [0.5, 0.6) is 5.75 Å². The first-order chi connectivity index (χ1) is 20.3. The number of carbonyl (C=O) groups excluding carboxylic acids is 2. The lowest BCUT2D eigenvalue weighted by atomic mass is 9.86. The first-order valence-corrected chi connectivity index (χ1v) is 14.1. The fourth-order valence-corrected chi connectivity index (χ4v) is 5.69. The first-order valence-electron chi connectivity index (χ1n) is 13.7. The largest absolute Gasteiger partial charge is 0.490 e. The molecule has 1 unspecified atom stereocenters. The summed E-state index contributed by atoms with van der Waals surface area (Å²) >= 11 is 6.24. The van der Waals surface area contributed by atoms with Gasteiger partial charge in [0.2, 0.25) is 11.8 Å². The fraction of sp³-hybridized carbons (Fsp3) is 0.483. The second-order valence-corrected chi connectivity index (χ2v) is 12.6. The molecular weight excluding hydrogens is 607 g/mol. The van der Waals surface area contributed by atoms with E-state index < -0.39 is 47.4 Å². The molecule has 1 saturated carbocycles. The monoisotopic (exact) mass is 639 g/mol. The summed E-state index contributed by atoms with van der Waals surface area (Å²) < 4.78 is 37.7. The van der Waals surface area contributed by atoms with Gasteiger partial charge in [0.25, 0.3) is 0 Å². The van der Waals surface area contributed by atoms with Crippen LogP contribution in [-0.4, -0.2) is 67.3 Å². The van der Waals surface area contributed by atoms with E-state index in [1.54, 1.807) is 26.1 Å². The number of aromatic nitrogens is 1. The van der Waals surface area contributed by atoms with Gasteiger partial charge in [-0.25, -0.2) is 4.79 Å². The predicted octanol–water partition coefficient (Wildman–Crippen LogP) is 3.97. The van der Waals surface area contributed by atoms with Crippen molar-refractivity contribution in [3.63, 3.8) is 0 Å². The highest BCUT2D eigenvalue weighted by Gasteiger charge is 2.54. The Bertz CT molecular complexity index is 1450. The maximum absolute atomic E-state index is 13.5. The van der Waals surface area contributed by atoms with Gasteiger partial charge in [-0.3, -0.25) is 24.9 Å². The predicted molar refractivity (Wildman–Crippen MR) is 152 cm³/mol. The maximum atomic E-state index is 13.5. The van der Waals surface area contributed by atoms with Crippen LogP contribution in [0.1, 0.15) is 63.7 Å². The molecule has 3 aliphatic rings. The minimum atomic E-state index is -5.08. The van der Waals surface area contributed by atoms with E-state index in [4.69, 9.17) is 31.6 Å². The van der Waals surface area contributed by atoms with E-state index in [1.807, 2.05) is 38.1 Å². The molecule has 2 amide bonds. The molecule has 5 atom stereocenters. The standard InChI is InChI=1S/C27H32ClN5O4.C2HF3O2/c1-26(2)11-20(34)33(25(29)32-26)22(14-9-15(28)13-30-12-14)17-10-18(17)24(36)31-21-16-7-5-6-8-19(16)37-27(3,4)23(21)35;3-2(4,5)1(6)7/h5-9,12-13,17-18,21-23,35H,10-11H2,1-4H3,(H2,29,32)(H,31,36);(H,6,7)/t17-,18-,21-,22?,23+;/m1./s1. The number of para-hydroxylation sites is 1. The van der Waals surface area contributed by atoms with E-state index in [1.165, 1.54) is 11.1 Å². The number of ether oxygens (including phenoxy) is 1. The summed E-state index contributed by atoms with van der Waals surface area (Å²) in [5.41, 5.74) is -0.0423. The molecule has 44 heavy (non-hydrogen) atoms. The number of carboxylic acids is 1. The average Bonchev–Trinajstić information content (AvgIpc) is 3.68. The summed E-state index contributed by atoms with van der Waals surface area (Å²) in [6, 6.07) is 7.87. The average molecular weight is 640 g/mol. The Morgan fingerprint density at radius 2 is 1.86 bits per heavy atom. The Morgan fingerprint density at radius 1 is 1.23 bits per heavy atom. The highest BCUT2D eigenvalue weighted by molar-refractivity contribution is 6.30. The summed E-state index contributed by atoms with van der Waals surface area (Å²) in [5.74, 6) is -3.21. The highest BCUT2D eigenvalue weighted by Crippen LogP contribution is 2.52. The fourth-order valence-electron chi connectivity index (χ4n) is 5.51. The van der Waals surface area contributed by atoms with Crippen LogP contribution < -0.4 is 15.4 Å². The third kappa shape index (κ3) is 7.07. The van der Waals surface area contributed by atoms with E-state index in [0.29, 0.717) is 22.8 Å². The molecule has 1 aromatic carbocycles. The molecule has 15 heteroatoms. The summed E-state index contributed by atoms with van der Waals surface area (Å²) in [6.45, 7) is 7.32. The molecule has 3 heterocycles. The van der Waals surface area contributed by atoms with Gasteiger partial charge in [0, 0.05) is 35.8 Å². The van der Waals surface area contributed by atoms with Crippen LogP contribution >= 0.6 is 11.6 Å². The highest BCUT2D eigenvalue weighted by atomic mass is 35.5. The SMILES string of the molecule is CC1(C)CC(=O)N(C(c2cncc(Cl)c2)[C@@H]2C[C@H]2C(=O)N[C@@H]2c3ccccc3OC(C)(C)[C@H]2O)C(=N)N1.O=C(O)C(F)(F)F. The van der Waals surface area contributed by atoms with E-state index in [-0.39, 0.29) is 30.1 Å². The number of halogens is 4. The van der Waals surface area contributed by atoms with E-state index >= 15 is 0 Å². The number of alkyl halides is 3. The quantitative estimate of drug-likeness (QED) is 0.328. The molecule has 2 aliphatic heterocycles. The van der Waals surface area contributed by atoms with Crippen molar-refractivity contribution in [3.05, 3.63) is 58.9 Å². The number of nitrogens with zero attached hydrogens (tertiary/aromatic N) is 2. The van der Waals surface area contributed by atoms with Gasteiger partial charge in [-0.1, -0.05) is 29.8 Å². The lowest BCUT2D eigenvalue weighted by molar-refractivity contribution is -0.192. The summed E-state index contributed by atoms with van der Waals surface area (Å²) in [7, 11) is 0. The summed E-state index contributed by atoms with van der Waals surface area (Å²) in [6.07, 6.45) is -2.17. The van der Waals surface area contributed by atoms with Crippen LogP contribution in [0.15, 0.2) is 42.7 Å². The van der Waals surface area contributed by atoms with Gasteiger partial charge in [0.05, 0.1) is 17.1 Å². The minimum absolute atomic E-state index is 0.00666. The van der Waals surface area contributed by atoms with Gasteiger partial charge >= 0.3 is 12.1 Å². The van der Waals surface area contributed by atoms with Crippen LogP contribution in [-0.2, 0) is 14.4 Å². The zero-order valence-electron chi connectivity index (χ0n) is 24.3. The van der Waals surface area contributed by atoms with Gasteiger partial charge < -0.3 is 25.6 Å². The number of hydrogen-bond donors (Lipinski definition) is 5. The van der Waals surface area contributed by atoms with Crippen molar-refractivity contribution in [2.24, 2.45) is 11.8 Å². The number of nitrogens with one attached hydrogen (secondary N) is 3. The number of carbonyl (C=O) groups is 3. The lowest BCUT2D eigenvalue weighted by Crippen LogP contribution is -2.60. The number of hydrogen-bond acceptors (Lipinski definition) is 7. The molecular formula is C29H33ClF3N5O6. The van der Waals surface area contributed by atoms with Gasteiger partial charge in [-0.2, -0.15) is 13.2 Å². The number of amides is 2. The Labute approximate surface area is 256 Å². The molecule has 5 rings (SSSR count). The number of fused-ring (bicyclic) bond motifs is 1. The number of aliphatic hydroxyl groups is 1. The van der Waals surface area contributed by atoms with Crippen molar-refractivity contribution in [3.8, 4) is 5.75 Å². The Balaban J connectivity index is 0.000000566. The van der Waals surface area contributed by atoms with Crippen molar-refractivity contribution in [1.82, 2.24) is 20.5 Å². The van der Waals surface area contributed by atoms with Crippen LogP contribution in [0.4, 0.5) is 13.2 Å². The molecule has 0 spiro atoms. The Morgan fingerprint density at radius 3 is 2.45 bits per heavy atom. The molecule has 1 aromatic heterocycles. The zero-order valence-corrected chi connectivity index (χ0v) is 25.0. The second-order valence-electron chi connectivity index (χ2n) is 12.2. The van der Waals surface area contributed by atoms with Gasteiger partial charge in [0.1, 0.15) is 17.5 Å². The second kappa shape index (κ2) is 11.9. The molecule has 0 bridgehead atoms. The Kier molecular flexibility index (Phi) is 8.91. The topological polar surface area (TPSA) is 165 Å². The Hall–Kier alpha value is -3.91. The summed E-state index contributed by atoms with van der Waals surface area (Å²) in [4.78, 5) is 41.3. The van der Waals surface area contributed by atoms with Crippen LogP contribution in [0, 0.1) is 17.2 Å². The van der Waals surface area contributed by atoms with Crippen molar-refractivity contribution >= 4 is 35.3 Å².